The lowest BCUT2D eigenvalue weighted by molar-refractivity contribution is 0.0952. The van der Waals surface area contributed by atoms with Gasteiger partial charge in [0.1, 0.15) is 5.56 Å². The fraction of sp³-hybridized carbons (Fsp3) is 0.533. The summed E-state index contributed by atoms with van der Waals surface area (Å²) >= 11 is 0. The Hall–Kier alpha value is -1.95. The number of carbonyl (C=O) groups is 1. The topological polar surface area (TPSA) is 62.5 Å². The summed E-state index contributed by atoms with van der Waals surface area (Å²) in [6.45, 7) is 1.43. The van der Waals surface area contributed by atoms with Gasteiger partial charge in [0.25, 0.3) is 5.91 Å². The Balaban J connectivity index is 1.85. The van der Waals surface area contributed by atoms with Gasteiger partial charge in [-0.1, -0.05) is 0 Å². The van der Waals surface area contributed by atoms with Gasteiger partial charge in [0.05, 0.1) is 6.20 Å². The van der Waals surface area contributed by atoms with Crippen LogP contribution in [-0.4, -0.2) is 52.6 Å². The Labute approximate surface area is 124 Å². The molecule has 0 radical (unpaired) electrons. The van der Waals surface area contributed by atoms with Gasteiger partial charge < -0.3 is 10.2 Å². The molecule has 21 heavy (non-hydrogen) atoms. The summed E-state index contributed by atoms with van der Waals surface area (Å²) in [6.07, 6.45) is 7.99. The Morgan fingerprint density at radius 2 is 2.14 bits per heavy atom. The third kappa shape index (κ3) is 2.76. The lowest BCUT2D eigenvalue weighted by Gasteiger charge is -2.15. The summed E-state index contributed by atoms with van der Waals surface area (Å²) in [7, 11) is 3.96. The molecule has 0 atom stereocenters. The van der Waals surface area contributed by atoms with Crippen molar-refractivity contribution in [2.24, 2.45) is 0 Å². The number of nitrogens with zero attached hydrogens (tertiary/aromatic N) is 4. The second kappa shape index (κ2) is 5.81. The van der Waals surface area contributed by atoms with E-state index in [0.29, 0.717) is 17.8 Å². The fourth-order valence-corrected chi connectivity index (χ4v) is 2.74. The van der Waals surface area contributed by atoms with Crippen LogP contribution in [0.1, 0.15) is 34.5 Å². The van der Waals surface area contributed by atoms with Crippen molar-refractivity contribution in [3.05, 3.63) is 29.2 Å². The SMILES string of the molecule is CN(C)CCNC(=O)c1cnn2c3c(cnc12)CCCC3. The van der Waals surface area contributed by atoms with Crippen molar-refractivity contribution in [1.82, 2.24) is 24.8 Å². The van der Waals surface area contributed by atoms with Crippen molar-refractivity contribution < 1.29 is 4.79 Å². The van der Waals surface area contributed by atoms with Gasteiger partial charge in [-0.25, -0.2) is 9.50 Å². The largest absolute Gasteiger partial charge is 0.351 e. The second-order valence-electron chi connectivity index (χ2n) is 5.79. The van der Waals surface area contributed by atoms with Crippen molar-refractivity contribution >= 4 is 11.6 Å². The van der Waals surface area contributed by atoms with Gasteiger partial charge in [-0.05, 0) is 45.3 Å². The van der Waals surface area contributed by atoms with Gasteiger partial charge in [-0.15, -0.1) is 0 Å². The van der Waals surface area contributed by atoms with E-state index in [0.717, 1.165) is 19.4 Å². The van der Waals surface area contributed by atoms with Crippen LogP contribution in [-0.2, 0) is 12.8 Å². The third-order valence-corrected chi connectivity index (χ3v) is 3.91. The third-order valence-electron chi connectivity index (χ3n) is 3.91. The highest BCUT2D eigenvalue weighted by Gasteiger charge is 2.19. The highest BCUT2D eigenvalue weighted by Crippen LogP contribution is 2.22. The zero-order chi connectivity index (χ0) is 14.8. The number of nitrogens with one attached hydrogen (secondary N) is 1. The fourth-order valence-electron chi connectivity index (χ4n) is 2.74. The molecule has 0 fully saturated rings. The van der Waals surface area contributed by atoms with E-state index in [1.165, 1.54) is 24.1 Å². The Bertz CT molecular complexity index is 661. The van der Waals surface area contributed by atoms with Gasteiger partial charge in [0.15, 0.2) is 5.65 Å². The van der Waals surface area contributed by atoms with Crippen LogP contribution >= 0.6 is 0 Å². The van der Waals surface area contributed by atoms with E-state index in [9.17, 15) is 4.79 Å². The molecule has 3 rings (SSSR count). The highest BCUT2D eigenvalue weighted by atomic mass is 16.1. The lowest BCUT2D eigenvalue weighted by atomic mass is 9.97. The first-order valence-electron chi connectivity index (χ1n) is 7.44. The molecule has 1 amide bonds. The number of amides is 1. The average Bonchev–Trinajstić information content (AvgIpc) is 2.91. The summed E-state index contributed by atoms with van der Waals surface area (Å²) in [5.41, 5.74) is 3.69. The minimum absolute atomic E-state index is 0.102. The summed E-state index contributed by atoms with van der Waals surface area (Å²) < 4.78 is 1.84. The van der Waals surface area contributed by atoms with Crippen LogP contribution in [0, 0.1) is 0 Å². The van der Waals surface area contributed by atoms with E-state index >= 15 is 0 Å². The Morgan fingerprint density at radius 3 is 2.95 bits per heavy atom. The number of hydrogen-bond acceptors (Lipinski definition) is 4. The summed E-state index contributed by atoms with van der Waals surface area (Å²) in [6, 6.07) is 0. The van der Waals surface area contributed by atoms with Crippen LogP contribution in [0.15, 0.2) is 12.4 Å². The molecular weight excluding hydrogens is 266 g/mol. The predicted octanol–water partition coefficient (Wildman–Crippen LogP) is 0.900. The predicted molar refractivity (Wildman–Crippen MR) is 80.5 cm³/mol. The zero-order valence-electron chi connectivity index (χ0n) is 12.6. The normalized spacial score (nSPS) is 14.4. The molecule has 1 N–H and O–H groups in total. The number of hydrogen-bond donors (Lipinski definition) is 1. The molecule has 6 heteroatoms. The molecule has 0 spiro atoms. The molecule has 112 valence electrons. The number of aromatic nitrogens is 3. The van der Waals surface area contributed by atoms with Crippen LogP contribution in [0.2, 0.25) is 0 Å². The number of likely N-dealkylation sites (N-methyl/N-ethyl adjacent to an activating group) is 1. The number of carbonyl (C=O) groups excluding carboxylic acids is 1. The maximum Gasteiger partial charge on any atom is 0.256 e. The first-order chi connectivity index (χ1) is 10.2. The maximum atomic E-state index is 12.2. The van der Waals surface area contributed by atoms with Crippen molar-refractivity contribution in [2.75, 3.05) is 27.2 Å². The van der Waals surface area contributed by atoms with Crippen LogP contribution < -0.4 is 5.32 Å². The zero-order valence-corrected chi connectivity index (χ0v) is 12.6. The molecule has 0 aliphatic heterocycles. The summed E-state index contributed by atoms with van der Waals surface area (Å²) in [4.78, 5) is 18.7. The second-order valence-corrected chi connectivity index (χ2v) is 5.79. The quantitative estimate of drug-likeness (QED) is 0.907. The Morgan fingerprint density at radius 1 is 1.33 bits per heavy atom. The van der Waals surface area contributed by atoms with Crippen LogP contribution in [0.5, 0.6) is 0 Å². The standard InChI is InChI=1S/C15H21N5O/c1-19(2)8-7-16-15(21)12-10-18-20-13-6-4-3-5-11(13)9-17-14(12)20/h9-10H,3-8H2,1-2H3,(H,16,21). The van der Waals surface area contributed by atoms with Crippen molar-refractivity contribution in [3.63, 3.8) is 0 Å². The molecular formula is C15H21N5O. The molecule has 0 unspecified atom stereocenters. The van der Waals surface area contributed by atoms with Crippen molar-refractivity contribution in [2.45, 2.75) is 25.7 Å². The van der Waals surface area contributed by atoms with E-state index in [4.69, 9.17) is 0 Å². The summed E-state index contributed by atoms with van der Waals surface area (Å²) in [5, 5.41) is 7.29. The van der Waals surface area contributed by atoms with Crippen LogP contribution in [0.25, 0.3) is 5.65 Å². The van der Waals surface area contributed by atoms with Gasteiger partial charge in [-0.2, -0.15) is 5.10 Å². The van der Waals surface area contributed by atoms with E-state index < -0.39 is 0 Å². The molecule has 0 saturated heterocycles. The molecule has 1 aliphatic carbocycles. The van der Waals surface area contributed by atoms with Gasteiger partial charge in [-0.3, -0.25) is 4.79 Å². The molecule has 2 aromatic heterocycles. The van der Waals surface area contributed by atoms with Gasteiger partial charge in [0.2, 0.25) is 0 Å². The molecule has 0 aromatic carbocycles. The number of fused-ring (bicyclic) bond motifs is 3. The first kappa shape index (κ1) is 14.0. The molecule has 6 nitrogen and oxygen atoms in total. The number of rotatable bonds is 4. The minimum Gasteiger partial charge on any atom is -0.351 e. The van der Waals surface area contributed by atoms with E-state index in [1.807, 2.05) is 29.7 Å². The summed E-state index contributed by atoms with van der Waals surface area (Å²) in [5.74, 6) is -0.102. The maximum absolute atomic E-state index is 12.2. The van der Waals surface area contributed by atoms with Crippen LogP contribution in [0.3, 0.4) is 0 Å². The Kier molecular flexibility index (Phi) is 3.88. The molecule has 2 aromatic rings. The van der Waals surface area contributed by atoms with Crippen LogP contribution in [0.4, 0.5) is 0 Å². The van der Waals surface area contributed by atoms with Crippen molar-refractivity contribution in [3.8, 4) is 0 Å². The van der Waals surface area contributed by atoms with Gasteiger partial charge in [0, 0.05) is 25.0 Å². The van der Waals surface area contributed by atoms with E-state index in [1.54, 1.807) is 6.20 Å². The number of aryl methyl sites for hydroxylation is 2. The molecule has 2 heterocycles. The monoisotopic (exact) mass is 287 g/mol. The van der Waals surface area contributed by atoms with Gasteiger partial charge >= 0.3 is 0 Å². The van der Waals surface area contributed by atoms with Crippen molar-refractivity contribution in [1.29, 1.82) is 0 Å². The molecule has 1 aliphatic rings. The molecule has 0 saturated carbocycles. The van der Waals surface area contributed by atoms with E-state index in [2.05, 4.69) is 15.4 Å². The van der Waals surface area contributed by atoms with E-state index in [-0.39, 0.29) is 5.91 Å². The lowest BCUT2D eigenvalue weighted by Crippen LogP contribution is -2.31. The highest BCUT2D eigenvalue weighted by molar-refractivity contribution is 5.99. The molecule has 0 bridgehead atoms. The average molecular weight is 287 g/mol. The minimum atomic E-state index is -0.102. The first-order valence-corrected chi connectivity index (χ1v) is 7.44. The smallest absolute Gasteiger partial charge is 0.256 e.